The fraction of sp³-hybridized carbons (Fsp3) is 0.469. The number of carboxylic acids is 1. The number of benzene rings is 2. The zero-order valence-corrected chi connectivity index (χ0v) is 24.6. The second-order valence-corrected chi connectivity index (χ2v) is 12.5. The molecule has 3 heterocycles. The fourth-order valence-electron chi connectivity index (χ4n) is 6.69. The number of piperidine rings is 1. The molecule has 3 fully saturated rings. The number of ether oxygens (including phenoxy) is 2. The maximum absolute atomic E-state index is 11.8. The smallest absolute Gasteiger partial charge is 0.307 e. The van der Waals surface area contributed by atoms with Gasteiger partial charge in [-0.3, -0.25) is 9.69 Å². The van der Waals surface area contributed by atoms with Crippen LogP contribution in [-0.4, -0.2) is 71.6 Å². The molecule has 1 saturated carbocycles. The third kappa shape index (κ3) is 6.01. The largest absolute Gasteiger partial charge is 0.488 e. The third-order valence-electron chi connectivity index (χ3n) is 8.80. The molecule has 10 heteroatoms. The highest BCUT2D eigenvalue weighted by atomic mass is 32.1. The number of aliphatic hydroxyl groups is 1. The zero-order valence-electron chi connectivity index (χ0n) is 23.7. The van der Waals surface area contributed by atoms with Gasteiger partial charge in [0.05, 0.1) is 42.6 Å². The Balaban J connectivity index is 1.15. The molecule has 3 aliphatic rings. The van der Waals surface area contributed by atoms with Gasteiger partial charge < -0.3 is 24.6 Å². The van der Waals surface area contributed by atoms with Gasteiger partial charge in [-0.25, -0.2) is 4.98 Å². The van der Waals surface area contributed by atoms with E-state index in [0.29, 0.717) is 31.0 Å². The van der Waals surface area contributed by atoms with Gasteiger partial charge in [0, 0.05) is 49.2 Å². The normalized spacial score (nSPS) is 24.0. The number of aliphatic carboxylic acids is 1. The van der Waals surface area contributed by atoms with Crippen LogP contribution in [0.5, 0.6) is 5.75 Å². The molecule has 0 spiro atoms. The van der Waals surface area contributed by atoms with Crippen LogP contribution in [-0.2, 0) is 22.7 Å². The zero-order chi connectivity index (χ0) is 29.2. The summed E-state index contributed by atoms with van der Waals surface area (Å²) in [5.41, 5.74) is 5.29. The number of aliphatic hydroxyl groups excluding tert-OH is 1. The summed E-state index contributed by atoms with van der Waals surface area (Å²) in [6, 6.07) is 14.3. The van der Waals surface area contributed by atoms with Crippen molar-refractivity contribution < 1.29 is 24.5 Å². The number of aromatic nitrogens is 1. The van der Waals surface area contributed by atoms with Gasteiger partial charge in [-0.05, 0) is 55.4 Å². The van der Waals surface area contributed by atoms with Crippen LogP contribution in [0, 0.1) is 36.0 Å². The van der Waals surface area contributed by atoms with E-state index in [1.54, 1.807) is 11.3 Å². The number of rotatable bonds is 9. The molecule has 0 amide bonds. The molecule has 3 aromatic rings. The second-order valence-electron chi connectivity index (χ2n) is 11.7. The van der Waals surface area contributed by atoms with Crippen molar-refractivity contribution in [3.63, 3.8) is 0 Å². The average Bonchev–Trinajstić information content (AvgIpc) is 3.59. The van der Waals surface area contributed by atoms with Gasteiger partial charge in [-0.2, -0.15) is 5.26 Å². The molecule has 220 valence electrons. The van der Waals surface area contributed by atoms with Gasteiger partial charge in [-0.1, -0.05) is 23.8 Å². The molecule has 42 heavy (non-hydrogen) atoms. The first-order valence-corrected chi connectivity index (χ1v) is 15.4. The van der Waals surface area contributed by atoms with E-state index in [9.17, 15) is 20.3 Å². The van der Waals surface area contributed by atoms with E-state index in [4.69, 9.17) is 14.5 Å². The van der Waals surface area contributed by atoms with Crippen LogP contribution in [0.1, 0.15) is 35.1 Å². The molecule has 2 unspecified atom stereocenters. The Bertz CT molecular complexity index is 1470. The number of nitriles is 1. The van der Waals surface area contributed by atoms with Crippen LogP contribution < -0.4 is 9.64 Å². The Labute approximate surface area is 249 Å². The fourth-order valence-corrected chi connectivity index (χ4v) is 7.53. The number of morpholine rings is 1. The van der Waals surface area contributed by atoms with Gasteiger partial charge in [-0.15, -0.1) is 11.3 Å². The molecule has 4 atom stereocenters. The van der Waals surface area contributed by atoms with Gasteiger partial charge in [0.2, 0.25) is 0 Å². The van der Waals surface area contributed by atoms with Crippen molar-refractivity contribution in [2.75, 3.05) is 44.3 Å². The highest BCUT2D eigenvalue weighted by Gasteiger charge is 2.46. The minimum absolute atomic E-state index is 0.00579. The van der Waals surface area contributed by atoms with Crippen LogP contribution in [0.3, 0.4) is 0 Å². The summed E-state index contributed by atoms with van der Waals surface area (Å²) in [4.78, 5) is 21.2. The molecule has 2 N–H and O–H groups in total. The van der Waals surface area contributed by atoms with Crippen molar-refractivity contribution in [2.45, 2.75) is 39.0 Å². The maximum Gasteiger partial charge on any atom is 0.307 e. The first-order chi connectivity index (χ1) is 20.4. The summed E-state index contributed by atoms with van der Waals surface area (Å²) in [6.07, 6.45) is 1.77. The third-order valence-corrected chi connectivity index (χ3v) is 9.70. The lowest BCUT2D eigenvalue weighted by Gasteiger charge is -2.35. The standard InChI is InChI=1S/C32H36N4O5S/c1-20-2-7-29(41-18-24-4-3-21(11-25(24)12-33)13-35-8-9-40-26(16-35)17-37)27(10-20)28-19-42-32(34-28)36-14-22-5-6-23(15-36)30(22)31(38)39/h2-4,7,10-11,19,22-23,26,30,37H,5-6,8-9,13-18H2,1H3,(H,38,39)/t22-,23+,26?,30?. The first-order valence-electron chi connectivity index (χ1n) is 14.6. The molecule has 1 aromatic heterocycles. The number of hydrogen-bond acceptors (Lipinski definition) is 9. The van der Waals surface area contributed by atoms with E-state index in [2.05, 4.69) is 21.9 Å². The van der Waals surface area contributed by atoms with Gasteiger partial charge in [0.1, 0.15) is 12.4 Å². The molecular formula is C32H36N4O5S. The van der Waals surface area contributed by atoms with Crippen molar-refractivity contribution in [2.24, 2.45) is 17.8 Å². The molecular weight excluding hydrogens is 552 g/mol. The van der Waals surface area contributed by atoms with E-state index in [0.717, 1.165) is 65.6 Å². The Kier molecular flexibility index (Phi) is 8.45. The van der Waals surface area contributed by atoms with E-state index < -0.39 is 5.97 Å². The number of carboxylic acid groups (broad SMARTS) is 1. The van der Waals surface area contributed by atoms with Gasteiger partial charge in [0.25, 0.3) is 0 Å². The number of hydrogen-bond donors (Lipinski definition) is 2. The van der Waals surface area contributed by atoms with Gasteiger partial charge >= 0.3 is 5.97 Å². The van der Waals surface area contributed by atoms with Crippen LogP contribution in [0.25, 0.3) is 11.3 Å². The molecule has 9 nitrogen and oxygen atoms in total. The van der Waals surface area contributed by atoms with E-state index >= 15 is 0 Å². The lowest BCUT2D eigenvalue weighted by Crippen LogP contribution is -2.44. The predicted molar refractivity (Wildman–Crippen MR) is 159 cm³/mol. The number of anilines is 1. The Morgan fingerprint density at radius 1 is 1.19 bits per heavy atom. The minimum Gasteiger partial charge on any atom is -0.488 e. The summed E-state index contributed by atoms with van der Waals surface area (Å²) >= 11 is 1.59. The summed E-state index contributed by atoms with van der Waals surface area (Å²) in [5.74, 6) is 0.171. The summed E-state index contributed by atoms with van der Waals surface area (Å²) in [5, 5.41) is 32.0. The van der Waals surface area contributed by atoms with Crippen molar-refractivity contribution in [3.8, 4) is 23.1 Å². The average molecular weight is 589 g/mol. The minimum atomic E-state index is -0.661. The topological polar surface area (TPSA) is 119 Å². The second kappa shape index (κ2) is 12.4. The first kappa shape index (κ1) is 28.6. The van der Waals surface area contributed by atoms with Crippen LogP contribution >= 0.6 is 11.3 Å². The monoisotopic (exact) mass is 588 g/mol. The SMILES string of the molecule is Cc1ccc(OCc2ccc(CN3CCOC(CO)C3)cc2C#N)c(-c2csc(N3C[C@H]4CC[C@@H](C3)C4C(=O)O)n2)c1. The van der Waals surface area contributed by atoms with E-state index in [1.807, 2.05) is 42.6 Å². The number of thiazole rings is 1. The van der Waals surface area contributed by atoms with Crippen molar-refractivity contribution in [1.82, 2.24) is 9.88 Å². The lowest BCUT2D eigenvalue weighted by atomic mass is 9.85. The lowest BCUT2D eigenvalue weighted by molar-refractivity contribution is -0.144. The molecule has 2 aliphatic heterocycles. The van der Waals surface area contributed by atoms with Crippen LogP contribution in [0.4, 0.5) is 5.13 Å². The summed E-state index contributed by atoms with van der Waals surface area (Å²) in [6.45, 7) is 6.51. The van der Waals surface area contributed by atoms with Crippen molar-refractivity contribution in [3.05, 3.63) is 64.0 Å². The summed E-state index contributed by atoms with van der Waals surface area (Å²) in [7, 11) is 0. The number of aryl methyl sites for hydroxylation is 1. The molecule has 1 aliphatic carbocycles. The highest BCUT2D eigenvalue weighted by molar-refractivity contribution is 7.14. The molecule has 0 radical (unpaired) electrons. The number of nitrogens with zero attached hydrogens (tertiary/aromatic N) is 4. The Morgan fingerprint density at radius 3 is 2.74 bits per heavy atom. The van der Waals surface area contributed by atoms with Crippen molar-refractivity contribution >= 4 is 22.4 Å². The van der Waals surface area contributed by atoms with Crippen LogP contribution in [0.15, 0.2) is 41.8 Å². The van der Waals surface area contributed by atoms with Crippen molar-refractivity contribution in [1.29, 1.82) is 5.26 Å². The highest BCUT2D eigenvalue weighted by Crippen LogP contribution is 2.44. The van der Waals surface area contributed by atoms with E-state index in [-0.39, 0.29) is 37.1 Å². The summed E-state index contributed by atoms with van der Waals surface area (Å²) < 4.78 is 11.9. The number of fused-ring (bicyclic) bond motifs is 2. The molecule has 6 rings (SSSR count). The number of carbonyl (C=O) groups is 1. The Morgan fingerprint density at radius 2 is 2.00 bits per heavy atom. The van der Waals surface area contributed by atoms with E-state index in [1.165, 1.54) is 0 Å². The van der Waals surface area contributed by atoms with Gasteiger partial charge in [0.15, 0.2) is 5.13 Å². The quantitative estimate of drug-likeness (QED) is 0.377. The maximum atomic E-state index is 11.8. The molecule has 2 bridgehead atoms. The molecule has 2 saturated heterocycles. The predicted octanol–water partition coefficient (Wildman–Crippen LogP) is 4.31. The molecule has 2 aromatic carbocycles. The Hall–Kier alpha value is -3.49. The van der Waals surface area contributed by atoms with Crippen LogP contribution in [0.2, 0.25) is 0 Å².